The van der Waals surface area contributed by atoms with Crippen LogP contribution in [0.2, 0.25) is 0 Å². The van der Waals surface area contributed by atoms with Crippen LogP contribution in [0, 0.1) is 0 Å². The van der Waals surface area contributed by atoms with E-state index in [9.17, 15) is 18.3 Å². The molecule has 0 aromatic heterocycles. The van der Waals surface area contributed by atoms with Gasteiger partial charge in [0.1, 0.15) is 6.04 Å². The second-order valence-electron chi connectivity index (χ2n) is 6.84. The lowest BCUT2D eigenvalue weighted by molar-refractivity contribution is -0.142. The monoisotopic (exact) mass is 469 g/mol. The van der Waals surface area contributed by atoms with Crippen molar-refractivity contribution in [3.63, 3.8) is 0 Å². The van der Waals surface area contributed by atoms with E-state index in [1.807, 2.05) is 24.3 Å². The third-order valence-corrected chi connectivity index (χ3v) is 8.31. The lowest BCUT2D eigenvalue weighted by Crippen LogP contribution is -2.58. The summed E-state index contributed by atoms with van der Waals surface area (Å²) in [5.41, 5.74) is 1.85. The van der Waals surface area contributed by atoms with E-state index in [2.05, 4.69) is 15.9 Å². The smallest absolute Gasteiger partial charge is 0.323 e. The van der Waals surface area contributed by atoms with Gasteiger partial charge in [-0.3, -0.25) is 4.79 Å². The summed E-state index contributed by atoms with van der Waals surface area (Å²) < 4.78 is 27.6. The van der Waals surface area contributed by atoms with Crippen molar-refractivity contribution in [2.75, 3.05) is 12.3 Å². The number of halogens is 1. The SMILES string of the molecule is CC1(C)SCCN(S(=O)(=O)c2ccc(-c3cccc(Br)c3)cc2)[C@H]1C(=O)O. The fourth-order valence-corrected chi connectivity index (χ4v) is 6.75. The van der Waals surface area contributed by atoms with Gasteiger partial charge in [0.05, 0.1) is 4.90 Å². The van der Waals surface area contributed by atoms with E-state index in [0.29, 0.717) is 5.75 Å². The van der Waals surface area contributed by atoms with Gasteiger partial charge in [-0.2, -0.15) is 16.1 Å². The molecule has 3 rings (SSSR count). The number of hydrogen-bond acceptors (Lipinski definition) is 4. The number of carbonyl (C=O) groups is 1. The van der Waals surface area contributed by atoms with E-state index < -0.39 is 26.8 Å². The average molecular weight is 470 g/mol. The Morgan fingerprint density at radius 3 is 2.44 bits per heavy atom. The van der Waals surface area contributed by atoms with Crippen LogP contribution in [-0.2, 0) is 14.8 Å². The first-order valence-corrected chi connectivity index (χ1v) is 11.6. The Labute approximate surface area is 172 Å². The van der Waals surface area contributed by atoms with Gasteiger partial charge in [0.25, 0.3) is 0 Å². The molecule has 0 amide bonds. The molecule has 1 heterocycles. The number of hydrogen-bond donors (Lipinski definition) is 1. The number of nitrogens with zero attached hydrogens (tertiary/aromatic N) is 1. The number of carboxylic acid groups (broad SMARTS) is 1. The molecule has 0 radical (unpaired) electrons. The van der Waals surface area contributed by atoms with Crippen molar-refractivity contribution in [3.8, 4) is 11.1 Å². The molecule has 0 saturated carbocycles. The van der Waals surface area contributed by atoms with Gasteiger partial charge < -0.3 is 5.11 Å². The second kappa shape index (κ2) is 7.58. The molecule has 5 nitrogen and oxygen atoms in total. The van der Waals surface area contributed by atoms with Crippen LogP contribution in [0.25, 0.3) is 11.1 Å². The minimum absolute atomic E-state index is 0.107. The zero-order valence-electron chi connectivity index (χ0n) is 14.9. The molecule has 0 unspecified atom stereocenters. The van der Waals surface area contributed by atoms with Crippen LogP contribution in [0.5, 0.6) is 0 Å². The molecule has 1 saturated heterocycles. The Balaban J connectivity index is 1.96. The maximum Gasteiger partial charge on any atom is 0.323 e. The Hall–Kier alpha value is -1.35. The first-order valence-electron chi connectivity index (χ1n) is 8.37. The third kappa shape index (κ3) is 4.08. The molecule has 144 valence electrons. The standard InChI is InChI=1S/C19H20BrNO4S2/c1-19(2)17(18(22)23)21(10-11-26-19)27(24,25)16-8-6-13(7-9-16)14-4-3-5-15(20)12-14/h3-9,12,17H,10-11H2,1-2H3,(H,22,23)/t17-/m0/s1. The number of aliphatic carboxylic acids is 1. The predicted molar refractivity (Wildman–Crippen MR) is 111 cm³/mol. The average Bonchev–Trinajstić information content (AvgIpc) is 2.60. The van der Waals surface area contributed by atoms with Gasteiger partial charge in [-0.1, -0.05) is 40.2 Å². The van der Waals surface area contributed by atoms with Crippen molar-refractivity contribution in [1.82, 2.24) is 4.31 Å². The van der Waals surface area contributed by atoms with E-state index in [1.165, 1.54) is 11.8 Å². The summed E-state index contributed by atoms with van der Waals surface area (Å²) in [4.78, 5) is 11.9. The molecule has 2 aromatic carbocycles. The van der Waals surface area contributed by atoms with Gasteiger partial charge in [0.15, 0.2) is 0 Å². The van der Waals surface area contributed by atoms with Crippen LogP contribution in [0.4, 0.5) is 0 Å². The zero-order chi connectivity index (χ0) is 19.8. The summed E-state index contributed by atoms with van der Waals surface area (Å²) in [5.74, 6) is -0.562. The van der Waals surface area contributed by atoms with Crippen LogP contribution < -0.4 is 0 Å². The molecular weight excluding hydrogens is 450 g/mol. The van der Waals surface area contributed by atoms with E-state index in [1.54, 1.807) is 38.1 Å². The summed E-state index contributed by atoms with van der Waals surface area (Å²) in [6.07, 6.45) is 0. The number of carboxylic acids is 1. The molecule has 0 aliphatic carbocycles. The maximum atomic E-state index is 13.1. The van der Waals surface area contributed by atoms with Crippen LogP contribution in [0.3, 0.4) is 0 Å². The van der Waals surface area contributed by atoms with Crippen molar-refractivity contribution in [2.45, 2.75) is 29.5 Å². The normalized spacial score (nSPS) is 20.3. The van der Waals surface area contributed by atoms with Crippen molar-refractivity contribution in [1.29, 1.82) is 0 Å². The molecule has 1 N–H and O–H groups in total. The Morgan fingerprint density at radius 1 is 1.19 bits per heavy atom. The van der Waals surface area contributed by atoms with E-state index in [-0.39, 0.29) is 11.4 Å². The molecule has 0 bridgehead atoms. The lowest BCUT2D eigenvalue weighted by Gasteiger charge is -2.42. The van der Waals surface area contributed by atoms with Crippen LogP contribution in [0.15, 0.2) is 57.9 Å². The van der Waals surface area contributed by atoms with Gasteiger partial charge in [-0.25, -0.2) is 8.42 Å². The first-order chi connectivity index (χ1) is 12.6. The Morgan fingerprint density at radius 2 is 1.85 bits per heavy atom. The van der Waals surface area contributed by atoms with Crippen LogP contribution >= 0.6 is 27.7 Å². The summed E-state index contributed by atoms with van der Waals surface area (Å²) >= 11 is 4.91. The fourth-order valence-electron chi connectivity index (χ4n) is 3.26. The third-order valence-electron chi connectivity index (χ3n) is 4.59. The van der Waals surface area contributed by atoms with Crippen LogP contribution in [-0.4, -0.2) is 46.9 Å². The molecular formula is C19H20BrNO4S2. The molecule has 1 aliphatic rings. The maximum absolute atomic E-state index is 13.1. The van der Waals surface area contributed by atoms with Crippen molar-refractivity contribution >= 4 is 43.7 Å². The van der Waals surface area contributed by atoms with Gasteiger partial charge in [-0.15, -0.1) is 0 Å². The quantitative estimate of drug-likeness (QED) is 0.729. The van der Waals surface area contributed by atoms with E-state index in [0.717, 1.165) is 19.9 Å². The van der Waals surface area contributed by atoms with Crippen LogP contribution in [0.1, 0.15) is 13.8 Å². The topological polar surface area (TPSA) is 74.7 Å². The van der Waals surface area contributed by atoms with E-state index >= 15 is 0 Å². The highest BCUT2D eigenvalue weighted by Gasteiger charge is 2.48. The number of benzene rings is 2. The summed E-state index contributed by atoms with van der Waals surface area (Å²) in [6, 6.07) is 13.2. The van der Waals surface area contributed by atoms with Gasteiger partial charge >= 0.3 is 5.97 Å². The number of sulfonamides is 1. The summed E-state index contributed by atoms with van der Waals surface area (Å²) in [6.45, 7) is 3.73. The highest BCUT2D eigenvalue weighted by Crippen LogP contribution is 2.38. The molecule has 1 fully saturated rings. The summed E-state index contributed by atoms with van der Waals surface area (Å²) in [7, 11) is -3.90. The summed E-state index contributed by atoms with van der Waals surface area (Å²) in [5, 5.41) is 9.65. The van der Waals surface area contributed by atoms with Gasteiger partial charge in [-0.05, 0) is 49.2 Å². The Kier molecular flexibility index (Phi) is 5.72. The van der Waals surface area contributed by atoms with Crippen molar-refractivity contribution in [3.05, 3.63) is 53.0 Å². The van der Waals surface area contributed by atoms with Gasteiger partial charge in [0.2, 0.25) is 10.0 Å². The molecule has 1 aliphatic heterocycles. The largest absolute Gasteiger partial charge is 0.480 e. The van der Waals surface area contributed by atoms with E-state index in [4.69, 9.17) is 0 Å². The molecule has 1 atom stereocenters. The predicted octanol–water partition coefficient (Wildman–Crippen LogP) is 4.09. The molecule has 2 aromatic rings. The number of thioether (sulfide) groups is 1. The highest BCUT2D eigenvalue weighted by molar-refractivity contribution is 9.10. The fraction of sp³-hybridized carbons (Fsp3) is 0.316. The molecule has 8 heteroatoms. The molecule has 27 heavy (non-hydrogen) atoms. The first kappa shape index (κ1) is 20.4. The molecule has 0 spiro atoms. The zero-order valence-corrected chi connectivity index (χ0v) is 18.1. The second-order valence-corrected chi connectivity index (χ2v) is 11.4. The van der Waals surface area contributed by atoms with Crippen molar-refractivity contribution in [2.24, 2.45) is 0 Å². The minimum atomic E-state index is -3.90. The Bertz CT molecular complexity index is 958. The minimum Gasteiger partial charge on any atom is -0.480 e. The van der Waals surface area contributed by atoms with Crippen molar-refractivity contribution < 1.29 is 18.3 Å². The highest BCUT2D eigenvalue weighted by atomic mass is 79.9. The number of rotatable bonds is 4. The van der Waals surface area contributed by atoms with Gasteiger partial charge in [0, 0.05) is 21.5 Å². The lowest BCUT2D eigenvalue weighted by atomic mass is 10.0.